The van der Waals surface area contributed by atoms with Gasteiger partial charge in [-0.3, -0.25) is 14.4 Å². The van der Waals surface area contributed by atoms with E-state index in [4.69, 9.17) is 16.6 Å². The minimum absolute atomic E-state index is 0.0231. The van der Waals surface area contributed by atoms with E-state index in [1.165, 1.54) is 6.07 Å². The van der Waals surface area contributed by atoms with Crippen LogP contribution in [-0.2, 0) is 9.59 Å². The van der Waals surface area contributed by atoms with Gasteiger partial charge in [0.25, 0.3) is 5.91 Å². The number of amides is 2. The number of nitrogens with one attached hydrogen (secondary N) is 2. The molecular formula is C13H17N5O4. The van der Waals surface area contributed by atoms with Gasteiger partial charge >= 0.3 is 5.97 Å². The maximum atomic E-state index is 11.8. The molecule has 0 saturated carbocycles. The first-order valence-electron chi connectivity index (χ1n) is 6.34. The molecule has 0 heterocycles. The number of nitrogens with zero attached hydrogens (tertiary/aromatic N) is 1. The minimum Gasteiger partial charge on any atom is -0.481 e. The van der Waals surface area contributed by atoms with Crippen LogP contribution in [0.1, 0.15) is 16.8 Å². The summed E-state index contributed by atoms with van der Waals surface area (Å²) in [7, 11) is 0. The third kappa shape index (κ3) is 6.37. The van der Waals surface area contributed by atoms with Gasteiger partial charge in [0.2, 0.25) is 5.91 Å². The van der Waals surface area contributed by atoms with Crippen LogP contribution in [0.3, 0.4) is 0 Å². The third-order valence-electron chi connectivity index (χ3n) is 2.44. The van der Waals surface area contributed by atoms with Gasteiger partial charge in [0, 0.05) is 17.8 Å². The van der Waals surface area contributed by atoms with E-state index >= 15 is 0 Å². The maximum Gasteiger partial charge on any atom is 0.305 e. The van der Waals surface area contributed by atoms with Crippen LogP contribution in [0.25, 0.3) is 0 Å². The van der Waals surface area contributed by atoms with Gasteiger partial charge in [-0.1, -0.05) is 6.07 Å². The zero-order valence-corrected chi connectivity index (χ0v) is 11.7. The molecular weight excluding hydrogens is 290 g/mol. The smallest absolute Gasteiger partial charge is 0.305 e. The Morgan fingerprint density at radius 1 is 1.23 bits per heavy atom. The van der Waals surface area contributed by atoms with Crippen molar-refractivity contribution in [2.45, 2.75) is 6.42 Å². The van der Waals surface area contributed by atoms with Crippen LogP contribution in [0.4, 0.5) is 5.69 Å². The van der Waals surface area contributed by atoms with E-state index in [1.807, 2.05) is 0 Å². The molecule has 0 aliphatic heterocycles. The third-order valence-corrected chi connectivity index (χ3v) is 2.44. The molecule has 0 atom stereocenters. The topological polar surface area (TPSA) is 160 Å². The van der Waals surface area contributed by atoms with Gasteiger partial charge in [-0.05, 0) is 18.2 Å². The fourth-order valence-corrected chi connectivity index (χ4v) is 1.49. The van der Waals surface area contributed by atoms with Crippen molar-refractivity contribution in [2.24, 2.45) is 16.5 Å². The summed E-state index contributed by atoms with van der Waals surface area (Å²) in [6, 6.07) is 6.19. The highest BCUT2D eigenvalue weighted by molar-refractivity contribution is 5.98. The van der Waals surface area contributed by atoms with Crippen molar-refractivity contribution in [1.29, 1.82) is 0 Å². The van der Waals surface area contributed by atoms with Crippen molar-refractivity contribution >= 4 is 29.4 Å². The molecule has 0 saturated heterocycles. The van der Waals surface area contributed by atoms with Crippen LogP contribution < -0.4 is 22.1 Å². The van der Waals surface area contributed by atoms with Crippen LogP contribution >= 0.6 is 0 Å². The van der Waals surface area contributed by atoms with Crippen molar-refractivity contribution in [1.82, 2.24) is 5.32 Å². The Hall–Kier alpha value is -3.10. The van der Waals surface area contributed by atoms with E-state index in [0.29, 0.717) is 11.3 Å². The first kappa shape index (κ1) is 17.0. The molecule has 1 rings (SSSR count). The lowest BCUT2D eigenvalue weighted by molar-refractivity contribution is -0.136. The Morgan fingerprint density at radius 3 is 2.59 bits per heavy atom. The van der Waals surface area contributed by atoms with Gasteiger partial charge in [-0.25, -0.2) is 4.99 Å². The number of carboxylic acid groups (broad SMARTS) is 1. The van der Waals surface area contributed by atoms with Gasteiger partial charge < -0.3 is 27.2 Å². The van der Waals surface area contributed by atoms with Crippen LogP contribution in [0.2, 0.25) is 0 Å². The van der Waals surface area contributed by atoms with E-state index in [2.05, 4.69) is 15.6 Å². The number of guanidine groups is 1. The first-order chi connectivity index (χ1) is 10.4. The fourth-order valence-electron chi connectivity index (χ4n) is 1.49. The number of carbonyl (C=O) groups is 3. The molecule has 0 radical (unpaired) electrons. The molecule has 0 fully saturated rings. The highest BCUT2D eigenvalue weighted by Gasteiger charge is 2.08. The molecule has 0 bridgehead atoms. The van der Waals surface area contributed by atoms with Crippen LogP contribution in [-0.4, -0.2) is 41.9 Å². The maximum absolute atomic E-state index is 11.8. The molecule has 0 aliphatic carbocycles. The predicted molar refractivity (Wildman–Crippen MR) is 80.3 cm³/mol. The van der Waals surface area contributed by atoms with Crippen molar-refractivity contribution < 1.29 is 19.5 Å². The summed E-state index contributed by atoms with van der Waals surface area (Å²) < 4.78 is 0. The Kier molecular flexibility index (Phi) is 6.35. The van der Waals surface area contributed by atoms with Crippen LogP contribution in [0.5, 0.6) is 0 Å². The molecule has 0 aliphatic rings. The Bertz CT molecular complexity index is 596. The fraction of sp³-hybridized carbons (Fsp3) is 0.231. The van der Waals surface area contributed by atoms with Gasteiger partial charge in [0.15, 0.2) is 5.96 Å². The first-order valence-corrected chi connectivity index (χ1v) is 6.34. The molecule has 2 amide bonds. The number of anilines is 1. The molecule has 0 aromatic heterocycles. The minimum atomic E-state index is -0.999. The second-order valence-electron chi connectivity index (χ2n) is 4.27. The van der Waals surface area contributed by atoms with E-state index in [-0.39, 0.29) is 25.5 Å². The predicted octanol–water partition coefficient (Wildman–Crippen LogP) is -0.897. The highest BCUT2D eigenvalue weighted by atomic mass is 16.4. The zero-order chi connectivity index (χ0) is 16.5. The standard InChI is InChI=1S/C13H17N5O4/c14-13(15)17-7-10(19)18-9-3-1-2-8(6-9)12(22)16-5-4-11(20)21/h1-3,6H,4-5,7H2,(H,16,22)(H,18,19)(H,20,21)(H4,14,15,17). The lowest BCUT2D eigenvalue weighted by atomic mass is 10.2. The van der Waals surface area contributed by atoms with Crippen LogP contribution in [0.15, 0.2) is 29.3 Å². The molecule has 22 heavy (non-hydrogen) atoms. The molecule has 0 spiro atoms. The SMILES string of the molecule is NC(N)=NCC(=O)Nc1cccc(C(=O)NCCC(=O)O)c1. The molecule has 0 unspecified atom stereocenters. The summed E-state index contributed by atoms with van der Waals surface area (Å²) in [5.74, 6) is -2.05. The highest BCUT2D eigenvalue weighted by Crippen LogP contribution is 2.10. The summed E-state index contributed by atoms with van der Waals surface area (Å²) in [6.45, 7) is -0.202. The summed E-state index contributed by atoms with van der Waals surface area (Å²) in [6.07, 6.45) is -0.166. The van der Waals surface area contributed by atoms with E-state index in [9.17, 15) is 14.4 Å². The van der Waals surface area contributed by atoms with E-state index < -0.39 is 17.8 Å². The number of benzene rings is 1. The number of aliphatic carboxylic acids is 1. The quantitative estimate of drug-likeness (QED) is 0.324. The summed E-state index contributed by atoms with van der Waals surface area (Å²) in [5.41, 5.74) is 10.9. The van der Waals surface area contributed by atoms with E-state index in [0.717, 1.165) is 0 Å². The Morgan fingerprint density at radius 2 is 1.95 bits per heavy atom. The zero-order valence-electron chi connectivity index (χ0n) is 11.7. The van der Waals surface area contributed by atoms with Crippen molar-refractivity contribution in [3.8, 4) is 0 Å². The lowest BCUT2D eigenvalue weighted by Gasteiger charge is -2.07. The second-order valence-corrected chi connectivity index (χ2v) is 4.27. The molecule has 1 aromatic rings. The van der Waals surface area contributed by atoms with E-state index in [1.54, 1.807) is 18.2 Å². The number of rotatable bonds is 7. The van der Waals surface area contributed by atoms with Crippen molar-refractivity contribution in [2.75, 3.05) is 18.4 Å². The molecule has 7 N–H and O–H groups in total. The van der Waals surface area contributed by atoms with Crippen LogP contribution in [0, 0.1) is 0 Å². The number of hydrogen-bond donors (Lipinski definition) is 5. The number of carbonyl (C=O) groups excluding carboxylic acids is 2. The second kappa shape index (κ2) is 8.25. The van der Waals surface area contributed by atoms with Gasteiger partial charge in [-0.15, -0.1) is 0 Å². The van der Waals surface area contributed by atoms with Crippen molar-refractivity contribution in [3.05, 3.63) is 29.8 Å². The Balaban J connectivity index is 2.61. The van der Waals surface area contributed by atoms with Gasteiger partial charge in [0.1, 0.15) is 6.54 Å². The monoisotopic (exact) mass is 307 g/mol. The normalized spacial score (nSPS) is 9.64. The number of nitrogens with two attached hydrogens (primary N) is 2. The molecule has 1 aromatic carbocycles. The summed E-state index contributed by atoms with van der Waals surface area (Å²) in [5, 5.41) is 13.5. The van der Waals surface area contributed by atoms with Gasteiger partial charge in [-0.2, -0.15) is 0 Å². The Labute approximate surface area is 126 Å². The molecule has 9 nitrogen and oxygen atoms in total. The number of hydrogen-bond acceptors (Lipinski definition) is 4. The average molecular weight is 307 g/mol. The molecule has 9 heteroatoms. The van der Waals surface area contributed by atoms with Crippen molar-refractivity contribution in [3.63, 3.8) is 0 Å². The largest absolute Gasteiger partial charge is 0.481 e. The number of aliphatic imine (C=N–C) groups is 1. The molecule has 118 valence electrons. The van der Waals surface area contributed by atoms with Gasteiger partial charge in [0.05, 0.1) is 6.42 Å². The number of carboxylic acids is 1. The summed E-state index contributed by atoms with van der Waals surface area (Å²) in [4.78, 5) is 37.3. The average Bonchev–Trinajstić information content (AvgIpc) is 2.45. The summed E-state index contributed by atoms with van der Waals surface area (Å²) >= 11 is 0. The lowest BCUT2D eigenvalue weighted by Crippen LogP contribution is -2.26.